The Bertz CT molecular complexity index is 1060. The van der Waals surface area contributed by atoms with Gasteiger partial charge in [-0.25, -0.2) is 0 Å². The number of ether oxygens (including phenoxy) is 1. The van der Waals surface area contributed by atoms with Crippen LogP contribution in [0.3, 0.4) is 0 Å². The van der Waals surface area contributed by atoms with Crippen LogP contribution in [-0.4, -0.2) is 44.3 Å². The maximum atomic E-state index is 14.0. The number of esters is 1. The molecule has 2 aromatic carbocycles. The predicted molar refractivity (Wildman–Crippen MR) is 151 cm³/mol. The Kier molecular flexibility index (Phi) is 9.22. The van der Waals surface area contributed by atoms with Gasteiger partial charge < -0.3 is 20.0 Å². The second-order valence-electron chi connectivity index (χ2n) is 12.4. The molecule has 204 valence electrons. The third-order valence-corrected chi connectivity index (χ3v) is 9.00. The van der Waals surface area contributed by atoms with E-state index in [-0.39, 0.29) is 16.9 Å². The molecule has 0 saturated carbocycles. The van der Waals surface area contributed by atoms with Crippen LogP contribution in [0.2, 0.25) is 0 Å². The molecule has 6 nitrogen and oxygen atoms in total. The van der Waals surface area contributed by atoms with Gasteiger partial charge in [0, 0.05) is 11.8 Å². The van der Waals surface area contributed by atoms with E-state index < -0.39 is 45.4 Å². The summed E-state index contributed by atoms with van der Waals surface area (Å²) >= 11 is 0. The molecule has 0 aliphatic rings. The Labute approximate surface area is 225 Å². The molecule has 0 aliphatic carbocycles. The summed E-state index contributed by atoms with van der Waals surface area (Å²) in [6.07, 6.45) is 0.394. The van der Waals surface area contributed by atoms with Gasteiger partial charge in [-0.15, -0.1) is 0 Å². The van der Waals surface area contributed by atoms with E-state index in [1.807, 2.05) is 109 Å². The summed E-state index contributed by atoms with van der Waals surface area (Å²) in [5.74, 6) is -2.31. The molecule has 0 heterocycles. The van der Waals surface area contributed by atoms with Crippen LogP contribution < -0.4 is 5.73 Å². The molecule has 0 spiro atoms. The molecule has 0 radical (unpaired) electrons. The second-order valence-corrected chi connectivity index (χ2v) is 12.8. The van der Waals surface area contributed by atoms with Gasteiger partial charge in [-0.2, -0.15) is 0 Å². The molecule has 4 atom stereocenters. The van der Waals surface area contributed by atoms with Crippen molar-refractivity contribution < 1.29 is 23.9 Å². The number of hydrogen-bond donors (Lipinski definition) is 2. The Morgan fingerprint density at radius 3 is 1.70 bits per heavy atom. The van der Waals surface area contributed by atoms with Crippen LogP contribution in [0.1, 0.15) is 66.5 Å². The molecule has 2 aromatic rings. The van der Waals surface area contributed by atoms with E-state index in [1.54, 1.807) is 6.92 Å². The molecule has 0 aliphatic heterocycles. The number of carboxylic acids is 1. The lowest BCUT2D eigenvalue weighted by Gasteiger charge is -2.61. The van der Waals surface area contributed by atoms with Crippen molar-refractivity contribution in [2.24, 2.45) is 22.5 Å². The van der Waals surface area contributed by atoms with Gasteiger partial charge in [0.05, 0.1) is 11.5 Å². The van der Waals surface area contributed by atoms with Crippen molar-refractivity contribution in [1.82, 2.24) is 0 Å². The molecule has 7 heteroatoms. The fraction of sp³-hybridized carbons (Fsp3) is 0.533. The van der Waals surface area contributed by atoms with E-state index in [0.717, 1.165) is 11.1 Å². The van der Waals surface area contributed by atoms with Gasteiger partial charge in [0.15, 0.2) is 0 Å². The number of aliphatic carboxylic acids is 1. The van der Waals surface area contributed by atoms with Crippen molar-refractivity contribution in [3.05, 3.63) is 71.8 Å². The van der Waals surface area contributed by atoms with Crippen LogP contribution in [0.5, 0.6) is 0 Å². The molecule has 0 aromatic heterocycles. The fourth-order valence-corrected chi connectivity index (χ4v) is 6.33. The maximum absolute atomic E-state index is 14.0. The molecule has 2 rings (SSSR count). The van der Waals surface area contributed by atoms with Gasteiger partial charge in [0.1, 0.15) is 21.6 Å². The van der Waals surface area contributed by atoms with Gasteiger partial charge in [0.25, 0.3) is 0 Å². The summed E-state index contributed by atoms with van der Waals surface area (Å²) in [4.78, 5) is 27.1. The zero-order valence-electron chi connectivity index (χ0n) is 23.9. The Morgan fingerprint density at radius 2 is 1.32 bits per heavy atom. The minimum absolute atomic E-state index is 0.0416. The third-order valence-electron chi connectivity index (χ3n) is 8.19. The van der Waals surface area contributed by atoms with E-state index in [4.69, 9.17) is 14.9 Å². The summed E-state index contributed by atoms with van der Waals surface area (Å²) in [5, 5.41) is 10.7. The highest BCUT2D eigenvalue weighted by molar-refractivity contribution is 5.99. The fourth-order valence-electron chi connectivity index (χ4n) is 5.54. The van der Waals surface area contributed by atoms with Crippen molar-refractivity contribution in [3.63, 3.8) is 0 Å². The number of benzene rings is 2. The number of rotatable bonds is 10. The van der Waals surface area contributed by atoms with Gasteiger partial charge in [-0.1, -0.05) is 88.4 Å². The molecule has 0 saturated heterocycles. The Hall–Kier alpha value is -2.48. The monoisotopic (exact) mass is 527 g/mol. The van der Waals surface area contributed by atoms with E-state index in [2.05, 4.69) is 0 Å². The minimum atomic E-state index is -1.84. The van der Waals surface area contributed by atoms with Crippen molar-refractivity contribution >= 4 is 22.4 Å². The van der Waals surface area contributed by atoms with Gasteiger partial charge in [-0.3, -0.25) is 9.59 Å². The lowest BCUT2D eigenvalue weighted by molar-refractivity contribution is -0.205. The standard InChI is InChI=1S/C30H45NO5Si/c1-26(2,3)28(7,23(24(32)35-27(4,5)6)19-21-15-11-9-12-16-21)29(8,36-37)30(31,25(33)34)20-22-17-13-10-14-18-22/h9-18,23H,19-20,31H2,1-8,37H3,(H,33,34)/t23-,28+,29?,30+/m1/s1. The van der Waals surface area contributed by atoms with E-state index in [9.17, 15) is 14.7 Å². The third kappa shape index (κ3) is 6.16. The predicted octanol–water partition coefficient (Wildman–Crippen LogP) is 4.32. The van der Waals surface area contributed by atoms with Crippen LogP contribution in [0, 0.1) is 16.7 Å². The zero-order valence-corrected chi connectivity index (χ0v) is 25.9. The number of carbonyl (C=O) groups is 2. The van der Waals surface area contributed by atoms with E-state index in [0.29, 0.717) is 6.42 Å². The molecule has 0 amide bonds. The Balaban J connectivity index is 2.85. The molecule has 1 unspecified atom stereocenters. The van der Waals surface area contributed by atoms with E-state index >= 15 is 0 Å². The second kappa shape index (κ2) is 11.1. The first-order valence-electron chi connectivity index (χ1n) is 12.8. The number of carbonyl (C=O) groups excluding carboxylic acids is 1. The maximum Gasteiger partial charge on any atom is 0.327 e. The van der Waals surface area contributed by atoms with Gasteiger partial charge in [0.2, 0.25) is 0 Å². The summed E-state index contributed by atoms with van der Waals surface area (Å²) < 4.78 is 12.3. The molecular weight excluding hydrogens is 482 g/mol. The molecule has 0 fully saturated rings. The van der Waals surface area contributed by atoms with Crippen LogP contribution in [-0.2, 0) is 31.6 Å². The first kappa shape index (κ1) is 30.7. The zero-order chi connectivity index (χ0) is 28.3. The van der Waals surface area contributed by atoms with Crippen molar-refractivity contribution in [2.45, 2.75) is 85.0 Å². The number of carboxylic acid groups (broad SMARTS) is 1. The van der Waals surface area contributed by atoms with Crippen molar-refractivity contribution in [1.29, 1.82) is 0 Å². The van der Waals surface area contributed by atoms with Crippen LogP contribution >= 0.6 is 0 Å². The summed E-state index contributed by atoms with van der Waals surface area (Å²) in [5.41, 5.74) is 3.00. The largest absolute Gasteiger partial charge is 0.480 e. The molecule has 0 bridgehead atoms. The Morgan fingerprint density at radius 1 is 0.865 bits per heavy atom. The lowest BCUT2D eigenvalue weighted by Crippen LogP contribution is -2.76. The number of nitrogens with two attached hydrogens (primary N) is 1. The first-order valence-corrected chi connectivity index (χ1v) is 13.6. The topological polar surface area (TPSA) is 98.9 Å². The lowest BCUT2D eigenvalue weighted by atomic mass is 9.47. The van der Waals surface area contributed by atoms with Gasteiger partial charge in [-0.05, 0) is 50.7 Å². The SMILES string of the molecule is CC(C)(C)OC(=O)[C@@H](Cc1ccccc1)[C@@](C)(C(C)(C)C)C(C)(O[SiH3])[C@](N)(Cc1ccccc1)C(=O)O. The average molecular weight is 528 g/mol. The quantitative estimate of drug-likeness (QED) is 0.353. The summed E-state index contributed by atoms with van der Waals surface area (Å²) in [7, 11) is 0.216. The summed E-state index contributed by atoms with van der Waals surface area (Å²) in [6, 6.07) is 19.0. The number of hydrogen-bond acceptors (Lipinski definition) is 5. The van der Waals surface area contributed by atoms with Gasteiger partial charge >= 0.3 is 11.9 Å². The van der Waals surface area contributed by atoms with Crippen LogP contribution in [0.15, 0.2) is 60.7 Å². The highest BCUT2D eigenvalue weighted by atomic mass is 28.2. The summed E-state index contributed by atoms with van der Waals surface area (Å²) in [6.45, 7) is 15.3. The van der Waals surface area contributed by atoms with Crippen LogP contribution in [0.25, 0.3) is 0 Å². The van der Waals surface area contributed by atoms with Crippen LogP contribution in [0.4, 0.5) is 0 Å². The highest BCUT2D eigenvalue weighted by Crippen LogP contribution is 2.58. The normalized spacial score (nSPS) is 18.2. The molecular formula is C30H45NO5Si. The first-order chi connectivity index (χ1) is 16.9. The van der Waals surface area contributed by atoms with Crippen molar-refractivity contribution in [2.75, 3.05) is 0 Å². The molecule has 37 heavy (non-hydrogen) atoms. The van der Waals surface area contributed by atoms with E-state index in [1.165, 1.54) is 0 Å². The molecule has 3 N–H and O–H groups in total. The highest BCUT2D eigenvalue weighted by Gasteiger charge is 2.68. The minimum Gasteiger partial charge on any atom is -0.480 e. The van der Waals surface area contributed by atoms with Crippen molar-refractivity contribution in [3.8, 4) is 0 Å². The average Bonchev–Trinajstić information content (AvgIpc) is 2.80. The smallest absolute Gasteiger partial charge is 0.327 e.